The normalized spacial score (nSPS) is 11.3. The Labute approximate surface area is 150 Å². The molecule has 0 fully saturated rings. The number of halogens is 1. The van der Waals surface area contributed by atoms with Crippen molar-refractivity contribution in [3.63, 3.8) is 0 Å². The molecule has 0 radical (unpaired) electrons. The van der Waals surface area contributed by atoms with E-state index in [0.29, 0.717) is 0 Å². The predicted octanol–water partition coefficient (Wildman–Crippen LogP) is 4.48. The average Bonchev–Trinajstić information content (AvgIpc) is 2.62. The van der Waals surface area contributed by atoms with Crippen LogP contribution in [-0.4, -0.2) is 6.16 Å². The van der Waals surface area contributed by atoms with Gasteiger partial charge in [-0.2, -0.15) is 0 Å². The van der Waals surface area contributed by atoms with Crippen molar-refractivity contribution in [3.8, 4) is 0 Å². The molecule has 0 saturated heterocycles. The predicted molar refractivity (Wildman–Crippen MR) is 112 cm³/mol. The minimum absolute atomic E-state index is 0. The van der Waals surface area contributed by atoms with Crippen molar-refractivity contribution in [2.24, 2.45) is 0 Å². The molecule has 0 amide bonds. The van der Waals surface area contributed by atoms with Crippen LogP contribution in [0.3, 0.4) is 0 Å². The molecular weight excluding hydrogens is 363 g/mol. The molecular formula is C21H22BrP. The van der Waals surface area contributed by atoms with E-state index in [1.54, 1.807) is 0 Å². The molecule has 2 heteroatoms. The average molecular weight is 385 g/mol. The van der Waals surface area contributed by atoms with E-state index in [1.165, 1.54) is 15.9 Å². The minimum atomic E-state index is -2.04. The first kappa shape index (κ1) is 17.7. The summed E-state index contributed by atoms with van der Waals surface area (Å²) < 4.78 is 0. The van der Waals surface area contributed by atoms with Crippen molar-refractivity contribution in [2.45, 2.75) is 0 Å². The van der Waals surface area contributed by atoms with E-state index in [0.717, 1.165) is 6.16 Å². The number of hydrogen-bond acceptors (Lipinski definition) is 0. The van der Waals surface area contributed by atoms with Crippen LogP contribution in [-0.2, 0) is 0 Å². The molecule has 0 unspecified atom stereocenters. The van der Waals surface area contributed by atoms with Gasteiger partial charge in [-0.05, 0) is 0 Å². The fourth-order valence-corrected chi connectivity index (χ4v) is 7.66. The van der Waals surface area contributed by atoms with Gasteiger partial charge in [0, 0.05) is 0 Å². The van der Waals surface area contributed by atoms with Crippen LogP contribution in [0.5, 0.6) is 0 Å². The standard InChI is InChI=1S/C21H21P.BrH/c1-2-18-22(19-12-6-3-7-13-19,20-14-8-4-9-15-20)21-16-10-5-11-17-21;/h2-17,22H,1,18H2;1H. The number of benzene rings is 3. The fourth-order valence-electron chi connectivity index (χ4n) is 3.24. The van der Waals surface area contributed by atoms with Gasteiger partial charge in [-0.15, -0.1) is 17.0 Å². The van der Waals surface area contributed by atoms with Crippen LogP contribution in [0.2, 0.25) is 0 Å². The molecule has 3 aromatic carbocycles. The fraction of sp³-hybridized carbons (Fsp3) is 0.0476. The van der Waals surface area contributed by atoms with Crippen LogP contribution in [0.25, 0.3) is 0 Å². The second-order valence-electron chi connectivity index (χ2n) is 5.50. The molecule has 23 heavy (non-hydrogen) atoms. The van der Waals surface area contributed by atoms with Crippen LogP contribution in [0, 0.1) is 0 Å². The second-order valence-corrected chi connectivity index (χ2v) is 9.45. The van der Waals surface area contributed by atoms with Crippen molar-refractivity contribution < 1.29 is 0 Å². The molecule has 0 N–H and O–H groups in total. The van der Waals surface area contributed by atoms with Gasteiger partial charge >= 0.3 is 133 Å². The monoisotopic (exact) mass is 384 g/mol. The molecule has 118 valence electrons. The third-order valence-electron chi connectivity index (χ3n) is 4.25. The summed E-state index contributed by atoms with van der Waals surface area (Å²) in [7, 11) is -2.04. The summed E-state index contributed by atoms with van der Waals surface area (Å²) >= 11 is 0. The summed E-state index contributed by atoms with van der Waals surface area (Å²) in [6.45, 7) is 4.06. The van der Waals surface area contributed by atoms with Crippen molar-refractivity contribution in [1.82, 2.24) is 0 Å². The van der Waals surface area contributed by atoms with E-state index in [4.69, 9.17) is 0 Å². The summed E-state index contributed by atoms with van der Waals surface area (Å²) in [4.78, 5) is 0. The van der Waals surface area contributed by atoms with Gasteiger partial charge in [0.25, 0.3) is 0 Å². The van der Waals surface area contributed by atoms with E-state index >= 15 is 0 Å². The maximum absolute atomic E-state index is 4.06. The summed E-state index contributed by atoms with van der Waals surface area (Å²) in [6.07, 6.45) is 3.09. The number of hydrogen-bond donors (Lipinski definition) is 0. The first-order valence-corrected chi connectivity index (χ1v) is 9.86. The first-order valence-electron chi connectivity index (χ1n) is 7.65. The van der Waals surface area contributed by atoms with Gasteiger partial charge in [-0.1, -0.05) is 0 Å². The summed E-state index contributed by atoms with van der Waals surface area (Å²) in [6, 6.07) is 32.8. The summed E-state index contributed by atoms with van der Waals surface area (Å²) in [5, 5.41) is 4.31. The molecule has 0 heterocycles. The van der Waals surface area contributed by atoms with Crippen molar-refractivity contribution in [3.05, 3.63) is 104 Å². The Balaban J connectivity index is 0.00000192. The molecule has 3 rings (SSSR count). The van der Waals surface area contributed by atoms with Crippen molar-refractivity contribution >= 4 is 40.2 Å². The molecule has 0 spiro atoms. The van der Waals surface area contributed by atoms with E-state index in [9.17, 15) is 0 Å². The molecule has 0 nitrogen and oxygen atoms in total. The van der Waals surface area contributed by atoms with Crippen molar-refractivity contribution in [2.75, 3.05) is 6.16 Å². The van der Waals surface area contributed by atoms with Gasteiger partial charge in [-0.3, -0.25) is 0 Å². The zero-order valence-electron chi connectivity index (χ0n) is 13.1. The van der Waals surface area contributed by atoms with Gasteiger partial charge in [0.1, 0.15) is 0 Å². The van der Waals surface area contributed by atoms with Crippen LogP contribution in [0.15, 0.2) is 104 Å². The van der Waals surface area contributed by atoms with Gasteiger partial charge in [0.2, 0.25) is 0 Å². The summed E-state index contributed by atoms with van der Waals surface area (Å²) in [5.74, 6) is 0. The third-order valence-corrected chi connectivity index (χ3v) is 9.11. The molecule has 0 bridgehead atoms. The quantitative estimate of drug-likeness (QED) is 0.449. The summed E-state index contributed by atoms with van der Waals surface area (Å²) in [5.41, 5.74) is 0. The number of allylic oxidation sites excluding steroid dienone is 1. The van der Waals surface area contributed by atoms with Crippen LogP contribution >= 0.6 is 24.2 Å². The van der Waals surface area contributed by atoms with Gasteiger partial charge < -0.3 is 0 Å². The van der Waals surface area contributed by atoms with Crippen LogP contribution in [0.4, 0.5) is 0 Å². The SMILES string of the molecule is Br.C=CC[PH](c1ccccc1)(c1ccccc1)c1ccccc1. The van der Waals surface area contributed by atoms with Gasteiger partial charge in [0.15, 0.2) is 0 Å². The molecule has 0 aromatic heterocycles. The van der Waals surface area contributed by atoms with E-state index < -0.39 is 7.26 Å². The third kappa shape index (κ3) is 3.47. The molecule has 0 aliphatic rings. The van der Waals surface area contributed by atoms with E-state index in [2.05, 4.69) is 104 Å². The van der Waals surface area contributed by atoms with Crippen LogP contribution in [0.1, 0.15) is 0 Å². The Morgan fingerprint density at radius 2 is 0.913 bits per heavy atom. The molecule has 0 saturated carbocycles. The second kappa shape index (κ2) is 8.24. The topological polar surface area (TPSA) is 0 Å². The molecule has 3 aromatic rings. The van der Waals surface area contributed by atoms with Crippen molar-refractivity contribution in [1.29, 1.82) is 0 Å². The van der Waals surface area contributed by atoms with Gasteiger partial charge in [0.05, 0.1) is 0 Å². The molecule has 0 atom stereocenters. The van der Waals surface area contributed by atoms with Gasteiger partial charge in [-0.25, -0.2) is 0 Å². The number of rotatable bonds is 5. The zero-order chi connectivity index (χ0) is 15.3. The van der Waals surface area contributed by atoms with E-state index in [1.807, 2.05) is 0 Å². The Hall–Kier alpha value is -1.69. The first-order chi connectivity index (χ1) is 10.9. The Morgan fingerprint density at radius 3 is 1.17 bits per heavy atom. The Kier molecular flexibility index (Phi) is 6.33. The van der Waals surface area contributed by atoms with E-state index in [-0.39, 0.29) is 17.0 Å². The zero-order valence-corrected chi connectivity index (χ0v) is 15.8. The maximum atomic E-state index is 4.06. The van der Waals surface area contributed by atoms with Crippen LogP contribution < -0.4 is 15.9 Å². The Bertz CT molecular complexity index is 627. The molecule has 0 aliphatic heterocycles. The molecule has 0 aliphatic carbocycles. The Morgan fingerprint density at radius 1 is 0.609 bits per heavy atom.